The molecule has 5 nitrogen and oxygen atoms in total. The number of aromatic nitrogens is 3. The minimum Gasteiger partial charge on any atom is -0.481 e. The molecular formula is C30H25N3O2. The van der Waals surface area contributed by atoms with E-state index in [9.17, 15) is 4.79 Å². The molecule has 0 spiro atoms. The van der Waals surface area contributed by atoms with Gasteiger partial charge in [0, 0.05) is 16.3 Å². The summed E-state index contributed by atoms with van der Waals surface area (Å²) in [4.78, 5) is 22.6. The number of rotatable bonds is 6. The number of ether oxygens (including phenoxy) is 1. The molecular weight excluding hydrogens is 434 g/mol. The van der Waals surface area contributed by atoms with Gasteiger partial charge in [0.1, 0.15) is 12.4 Å². The molecule has 2 aromatic heterocycles. The summed E-state index contributed by atoms with van der Waals surface area (Å²) in [6.07, 6.45) is 5.38. The highest BCUT2D eigenvalue weighted by atomic mass is 16.5. The van der Waals surface area contributed by atoms with Gasteiger partial charge < -0.3 is 4.74 Å². The average Bonchev–Trinajstić information content (AvgIpc) is 2.88. The second-order valence-electron chi connectivity index (χ2n) is 8.77. The molecule has 0 bridgehead atoms. The quantitative estimate of drug-likeness (QED) is 0.301. The third-order valence-electron chi connectivity index (χ3n) is 6.10. The van der Waals surface area contributed by atoms with E-state index in [0.717, 1.165) is 33.1 Å². The van der Waals surface area contributed by atoms with Gasteiger partial charge in [0.05, 0.1) is 29.0 Å². The summed E-state index contributed by atoms with van der Waals surface area (Å²) in [5, 5.41) is 1.87. The van der Waals surface area contributed by atoms with Crippen molar-refractivity contribution in [3.05, 3.63) is 101 Å². The maximum atomic E-state index is 13.3. The molecule has 0 amide bonds. The fourth-order valence-electron chi connectivity index (χ4n) is 4.23. The van der Waals surface area contributed by atoms with Crippen LogP contribution in [0.2, 0.25) is 0 Å². The van der Waals surface area contributed by atoms with Crippen molar-refractivity contribution in [2.45, 2.75) is 26.3 Å². The number of pyridine rings is 1. The minimum absolute atomic E-state index is 0.165. The summed E-state index contributed by atoms with van der Waals surface area (Å²) in [5.41, 5.74) is 4.84. The van der Waals surface area contributed by atoms with E-state index in [4.69, 9.17) is 16.1 Å². The van der Waals surface area contributed by atoms with Crippen molar-refractivity contribution in [1.82, 2.24) is 14.5 Å². The highest BCUT2D eigenvalue weighted by molar-refractivity contribution is 5.93. The summed E-state index contributed by atoms with van der Waals surface area (Å²) >= 11 is 0. The molecule has 0 aliphatic carbocycles. The fraction of sp³-hybridized carbons (Fsp3) is 0.167. The predicted octanol–water partition coefficient (Wildman–Crippen LogP) is 5.80. The van der Waals surface area contributed by atoms with Crippen LogP contribution in [0, 0.1) is 12.3 Å². The van der Waals surface area contributed by atoms with Crippen LogP contribution in [0.1, 0.15) is 31.0 Å². The topological polar surface area (TPSA) is 57.0 Å². The van der Waals surface area contributed by atoms with Gasteiger partial charge in [-0.3, -0.25) is 9.55 Å². The Bertz CT molecular complexity index is 1630. The summed E-state index contributed by atoms with van der Waals surface area (Å²) in [7, 11) is 0. The van der Waals surface area contributed by atoms with Crippen LogP contribution in [0.25, 0.3) is 33.1 Å². The van der Waals surface area contributed by atoms with Crippen LogP contribution in [0.5, 0.6) is 5.75 Å². The Balaban J connectivity index is 1.65. The number of hydrogen-bond donors (Lipinski definition) is 0. The Morgan fingerprint density at radius 3 is 2.54 bits per heavy atom. The molecule has 5 rings (SSSR count). The van der Waals surface area contributed by atoms with E-state index >= 15 is 0 Å². The van der Waals surface area contributed by atoms with Gasteiger partial charge in [-0.05, 0) is 41.8 Å². The van der Waals surface area contributed by atoms with Crippen LogP contribution >= 0.6 is 0 Å². The molecule has 0 fully saturated rings. The van der Waals surface area contributed by atoms with Crippen molar-refractivity contribution in [3.63, 3.8) is 0 Å². The number of terminal acetylenes is 1. The van der Waals surface area contributed by atoms with Gasteiger partial charge in [-0.25, -0.2) is 4.79 Å². The largest absolute Gasteiger partial charge is 0.481 e. The van der Waals surface area contributed by atoms with Crippen molar-refractivity contribution in [3.8, 4) is 29.4 Å². The smallest absolute Gasteiger partial charge is 0.348 e. The molecule has 0 aliphatic rings. The SMILES string of the molecule is C#CCOc1ccc2c(c1)c(-c1ccc(C(C)C)cc1)nc(=O)n2Cc1ccc2ccccc2n1. The molecule has 2 heterocycles. The third kappa shape index (κ3) is 4.51. The molecule has 172 valence electrons. The zero-order valence-electron chi connectivity index (χ0n) is 19.7. The Labute approximate surface area is 204 Å². The summed E-state index contributed by atoms with van der Waals surface area (Å²) in [6, 6.07) is 25.7. The first-order valence-corrected chi connectivity index (χ1v) is 11.6. The van der Waals surface area contributed by atoms with E-state index < -0.39 is 0 Å². The molecule has 0 saturated heterocycles. The standard InChI is InChI=1S/C30H25N3O2/c1-4-17-35-25-15-16-28-26(18-25)29(23-11-9-21(10-12-23)20(2)3)32-30(34)33(28)19-24-14-13-22-7-5-6-8-27(22)31-24/h1,5-16,18,20H,17,19H2,2-3H3. The first kappa shape index (κ1) is 22.4. The van der Waals surface area contributed by atoms with Gasteiger partial charge >= 0.3 is 5.69 Å². The molecule has 0 aliphatic heterocycles. The summed E-state index contributed by atoms with van der Waals surface area (Å²) in [5.74, 6) is 3.54. The number of para-hydroxylation sites is 1. The molecule has 0 radical (unpaired) electrons. The predicted molar refractivity (Wildman–Crippen MR) is 141 cm³/mol. The Kier molecular flexibility index (Phi) is 6.03. The number of nitrogens with zero attached hydrogens (tertiary/aromatic N) is 3. The monoisotopic (exact) mass is 459 g/mol. The lowest BCUT2D eigenvalue weighted by Gasteiger charge is -2.15. The maximum Gasteiger partial charge on any atom is 0.348 e. The van der Waals surface area contributed by atoms with Gasteiger partial charge in [0.25, 0.3) is 0 Å². The first-order valence-electron chi connectivity index (χ1n) is 11.6. The normalized spacial score (nSPS) is 11.1. The summed E-state index contributed by atoms with van der Waals surface area (Å²) < 4.78 is 7.33. The molecule has 0 saturated carbocycles. The second-order valence-corrected chi connectivity index (χ2v) is 8.77. The van der Waals surface area contributed by atoms with Crippen molar-refractivity contribution >= 4 is 21.8 Å². The van der Waals surface area contributed by atoms with E-state index in [1.165, 1.54) is 5.56 Å². The van der Waals surface area contributed by atoms with Crippen LogP contribution in [0.4, 0.5) is 0 Å². The van der Waals surface area contributed by atoms with E-state index in [-0.39, 0.29) is 12.3 Å². The number of fused-ring (bicyclic) bond motifs is 2. The Morgan fingerprint density at radius 1 is 0.971 bits per heavy atom. The highest BCUT2D eigenvalue weighted by Crippen LogP contribution is 2.30. The van der Waals surface area contributed by atoms with Gasteiger partial charge in [-0.1, -0.05) is 68.3 Å². The van der Waals surface area contributed by atoms with Crippen molar-refractivity contribution in [2.24, 2.45) is 0 Å². The molecule has 0 atom stereocenters. The summed E-state index contributed by atoms with van der Waals surface area (Å²) in [6.45, 7) is 4.78. The average molecular weight is 460 g/mol. The van der Waals surface area contributed by atoms with Crippen molar-refractivity contribution in [1.29, 1.82) is 0 Å². The van der Waals surface area contributed by atoms with Crippen molar-refractivity contribution in [2.75, 3.05) is 6.61 Å². The van der Waals surface area contributed by atoms with Crippen LogP contribution < -0.4 is 10.4 Å². The first-order chi connectivity index (χ1) is 17.0. The molecule has 5 aromatic rings. The number of hydrogen-bond acceptors (Lipinski definition) is 4. The highest BCUT2D eigenvalue weighted by Gasteiger charge is 2.15. The maximum absolute atomic E-state index is 13.3. The number of benzene rings is 3. The van der Waals surface area contributed by atoms with Crippen LogP contribution in [0.3, 0.4) is 0 Å². The molecule has 0 N–H and O–H groups in total. The lowest BCUT2D eigenvalue weighted by atomic mass is 9.99. The lowest BCUT2D eigenvalue weighted by molar-refractivity contribution is 0.371. The zero-order valence-corrected chi connectivity index (χ0v) is 19.7. The van der Waals surface area contributed by atoms with E-state index in [0.29, 0.717) is 23.9 Å². The van der Waals surface area contributed by atoms with Crippen LogP contribution in [0.15, 0.2) is 83.7 Å². The molecule has 5 heteroatoms. The van der Waals surface area contributed by atoms with E-state index in [1.807, 2.05) is 66.7 Å². The minimum atomic E-state index is -0.326. The van der Waals surface area contributed by atoms with Crippen LogP contribution in [-0.2, 0) is 6.54 Å². The lowest BCUT2D eigenvalue weighted by Crippen LogP contribution is -2.25. The third-order valence-corrected chi connectivity index (χ3v) is 6.10. The molecule has 35 heavy (non-hydrogen) atoms. The zero-order chi connectivity index (χ0) is 24.4. The van der Waals surface area contributed by atoms with Crippen molar-refractivity contribution < 1.29 is 4.74 Å². The molecule has 3 aromatic carbocycles. The Morgan fingerprint density at radius 2 is 1.77 bits per heavy atom. The molecule has 0 unspecified atom stereocenters. The van der Waals surface area contributed by atoms with E-state index in [1.54, 1.807) is 4.57 Å². The van der Waals surface area contributed by atoms with Gasteiger partial charge in [-0.2, -0.15) is 4.98 Å². The van der Waals surface area contributed by atoms with Gasteiger partial charge in [-0.15, -0.1) is 6.42 Å². The van der Waals surface area contributed by atoms with Gasteiger partial charge in [0.15, 0.2) is 0 Å². The fourth-order valence-corrected chi connectivity index (χ4v) is 4.23. The Hall–Kier alpha value is -4.43. The van der Waals surface area contributed by atoms with E-state index in [2.05, 4.69) is 36.9 Å². The van der Waals surface area contributed by atoms with Gasteiger partial charge in [0.2, 0.25) is 0 Å². The van der Waals surface area contributed by atoms with Crippen LogP contribution in [-0.4, -0.2) is 21.1 Å². The second kappa shape index (κ2) is 9.44.